The zero-order chi connectivity index (χ0) is 14.4. The number of carbonyl (C=O) groups is 2. The number of ketones is 1. The zero-order valence-electron chi connectivity index (χ0n) is 11.0. The van der Waals surface area contributed by atoms with E-state index in [1.807, 2.05) is 30.3 Å². The molecule has 0 bridgehead atoms. The number of hydrogen-bond acceptors (Lipinski definition) is 3. The van der Waals surface area contributed by atoms with Crippen LogP contribution in [0.5, 0.6) is 0 Å². The van der Waals surface area contributed by atoms with Gasteiger partial charge in [-0.3, -0.25) is 9.59 Å². The van der Waals surface area contributed by atoms with E-state index in [2.05, 4.69) is 5.32 Å². The highest BCUT2D eigenvalue weighted by molar-refractivity contribution is 5.98. The fourth-order valence-electron chi connectivity index (χ4n) is 1.84. The maximum Gasteiger partial charge on any atom is 0.228 e. The third-order valence-electron chi connectivity index (χ3n) is 2.88. The minimum atomic E-state index is -0.118. The molecule has 0 saturated carbocycles. The van der Waals surface area contributed by atoms with Crippen LogP contribution in [0.15, 0.2) is 54.6 Å². The second-order valence-electron chi connectivity index (χ2n) is 4.42. The van der Waals surface area contributed by atoms with Gasteiger partial charge in [-0.15, -0.1) is 0 Å². The molecule has 0 aliphatic heterocycles. The first kappa shape index (κ1) is 14.0. The van der Waals surface area contributed by atoms with Gasteiger partial charge in [-0.1, -0.05) is 30.3 Å². The highest BCUT2D eigenvalue weighted by Gasteiger charge is 2.06. The Bertz CT molecular complexity index is 592. The molecule has 1 amide bonds. The van der Waals surface area contributed by atoms with Crippen molar-refractivity contribution >= 4 is 17.4 Å². The largest absolute Gasteiger partial charge is 0.326 e. The van der Waals surface area contributed by atoms with Gasteiger partial charge < -0.3 is 11.1 Å². The van der Waals surface area contributed by atoms with E-state index in [0.717, 1.165) is 5.56 Å². The van der Waals surface area contributed by atoms with Crippen molar-refractivity contribution in [3.8, 4) is 0 Å². The van der Waals surface area contributed by atoms with Crippen LogP contribution in [-0.2, 0) is 11.2 Å². The molecule has 2 rings (SSSR count). The van der Waals surface area contributed by atoms with Crippen molar-refractivity contribution in [1.82, 2.24) is 0 Å². The molecule has 4 heteroatoms. The van der Waals surface area contributed by atoms with Gasteiger partial charge in [0, 0.05) is 11.3 Å². The first-order valence-electron chi connectivity index (χ1n) is 6.36. The molecular weight excluding hydrogens is 252 g/mol. The number of amides is 1. The van der Waals surface area contributed by atoms with Crippen LogP contribution in [0, 0.1) is 0 Å². The fourth-order valence-corrected chi connectivity index (χ4v) is 1.84. The van der Waals surface area contributed by atoms with Gasteiger partial charge in [0.15, 0.2) is 5.78 Å². The molecule has 0 radical (unpaired) electrons. The molecule has 3 N–H and O–H groups in total. The summed E-state index contributed by atoms with van der Waals surface area (Å²) < 4.78 is 0. The number of benzene rings is 2. The number of rotatable bonds is 5. The molecule has 2 aromatic rings. The molecule has 0 spiro atoms. The third kappa shape index (κ3) is 3.76. The summed E-state index contributed by atoms with van der Waals surface area (Å²) in [5.41, 5.74) is 7.46. The van der Waals surface area contributed by atoms with Crippen molar-refractivity contribution in [2.75, 3.05) is 11.9 Å². The molecule has 0 aromatic heterocycles. The van der Waals surface area contributed by atoms with Crippen LogP contribution in [0.4, 0.5) is 5.69 Å². The molecule has 20 heavy (non-hydrogen) atoms. The summed E-state index contributed by atoms with van der Waals surface area (Å²) >= 11 is 0. The van der Waals surface area contributed by atoms with Crippen molar-refractivity contribution in [1.29, 1.82) is 0 Å². The van der Waals surface area contributed by atoms with Gasteiger partial charge in [-0.2, -0.15) is 0 Å². The molecule has 0 heterocycles. The Balaban J connectivity index is 1.96. The normalized spacial score (nSPS) is 10.1. The first-order valence-corrected chi connectivity index (χ1v) is 6.36. The van der Waals surface area contributed by atoms with E-state index in [1.54, 1.807) is 24.3 Å². The Morgan fingerprint density at radius 3 is 2.20 bits per heavy atom. The Morgan fingerprint density at radius 1 is 0.950 bits per heavy atom. The van der Waals surface area contributed by atoms with Crippen LogP contribution in [0.3, 0.4) is 0 Å². The lowest BCUT2D eigenvalue weighted by Crippen LogP contribution is -2.15. The van der Waals surface area contributed by atoms with Gasteiger partial charge in [0.05, 0.1) is 13.0 Å². The lowest BCUT2D eigenvalue weighted by atomic mass is 10.1. The molecule has 4 nitrogen and oxygen atoms in total. The maximum absolute atomic E-state index is 11.9. The van der Waals surface area contributed by atoms with E-state index < -0.39 is 0 Å². The quantitative estimate of drug-likeness (QED) is 0.815. The highest BCUT2D eigenvalue weighted by atomic mass is 16.1. The molecule has 102 valence electrons. The lowest BCUT2D eigenvalue weighted by molar-refractivity contribution is -0.115. The molecular formula is C16H16N2O2. The molecule has 0 aliphatic rings. The number of carbonyl (C=O) groups excluding carboxylic acids is 2. The zero-order valence-corrected chi connectivity index (χ0v) is 11.0. The van der Waals surface area contributed by atoms with E-state index >= 15 is 0 Å². The highest BCUT2D eigenvalue weighted by Crippen LogP contribution is 2.11. The number of Topliss-reactive ketones (excluding diaryl/α,β-unsaturated/α-hetero) is 1. The van der Waals surface area contributed by atoms with Crippen molar-refractivity contribution in [2.45, 2.75) is 6.42 Å². The predicted octanol–water partition coefficient (Wildman–Crippen LogP) is 2.01. The topological polar surface area (TPSA) is 72.2 Å². The summed E-state index contributed by atoms with van der Waals surface area (Å²) in [5.74, 6) is -0.207. The predicted molar refractivity (Wildman–Crippen MR) is 78.6 cm³/mol. The Kier molecular flexibility index (Phi) is 4.63. The van der Waals surface area contributed by atoms with E-state index in [4.69, 9.17) is 5.73 Å². The van der Waals surface area contributed by atoms with Gasteiger partial charge in [-0.25, -0.2) is 0 Å². The molecule has 0 unspecified atom stereocenters. The van der Waals surface area contributed by atoms with Crippen molar-refractivity contribution in [3.05, 3.63) is 65.7 Å². The molecule has 0 saturated heterocycles. The summed E-state index contributed by atoms with van der Waals surface area (Å²) in [7, 11) is 0. The molecule has 0 aliphatic carbocycles. The minimum Gasteiger partial charge on any atom is -0.326 e. The average Bonchev–Trinajstić information content (AvgIpc) is 2.48. The van der Waals surface area contributed by atoms with Crippen molar-refractivity contribution < 1.29 is 9.59 Å². The lowest BCUT2D eigenvalue weighted by Gasteiger charge is -2.06. The van der Waals surface area contributed by atoms with Crippen LogP contribution in [-0.4, -0.2) is 18.2 Å². The van der Waals surface area contributed by atoms with Gasteiger partial charge in [0.2, 0.25) is 5.91 Å². The average molecular weight is 268 g/mol. The second kappa shape index (κ2) is 6.63. The Labute approximate surface area is 117 Å². The summed E-state index contributed by atoms with van der Waals surface area (Å²) in [5, 5.41) is 2.79. The molecule has 0 fully saturated rings. The van der Waals surface area contributed by atoms with E-state index in [0.29, 0.717) is 17.7 Å². The SMILES string of the molecule is NCC(=O)c1ccc(NC(=O)Cc2ccccc2)cc1. The standard InChI is InChI=1S/C16H16N2O2/c17-11-15(19)13-6-8-14(9-7-13)18-16(20)10-12-4-2-1-3-5-12/h1-9H,10-11,17H2,(H,18,20). The number of nitrogens with two attached hydrogens (primary N) is 1. The molecule has 0 atom stereocenters. The van der Waals surface area contributed by atoms with Crippen LogP contribution in [0.25, 0.3) is 0 Å². The number of anilines is 1. The van der Waals surface area contributed by atoms with E-state index in [9.17, 15) is 9.59 Å². The van der Waals surface area contributed by atoms with Gasteiger partial charge >= 0.3 is 0 Å². The first-order chi connectivity index (χ1) is 9.69. The van der Waals surface area contributed by atoms with Crippen LogP contribution in [0.1, 0.15) is 15.9 Å². The molecule has 2 aromatic carbocycles. The number of hydrogen-bond donors (Lipinski definition) is 2. The van der Waals surface area contributed by atoms with Gasteiger partial charge in [-0.05, 0) is 29.8 Å². The monoisotopic (exact) mass is 268 g/mol. The summed E-state index contributed by atoms with van der Waals surface area (Å²) in [6.07, 6.45) is 0.324. The van der Waals surface area contributed by atoms with Gasteiger partial charge in [0.1, 0.15) is 0 Å². The fraction of sp³-hybridized carbons (Fsp3) is 0.125. The third-order valence-corrected chi connectivity index (χ3v) is 2.88. The van der Waals surface area contributed by atoms with Crippen LogP contribution < -0.4 is 11.1 Å². The maximum atomic E-state index is 11.9. The summed E-state index contributed by atoms with van der Waals surface area (Å²) in [6.45, 7) is -0.0142. The van der Waals surface area contributed by atoms with Crippen molar-refractivity contribution in [2.24, 2.45) is 5.73 Å². The number of nitrogens with one attached hydrogen (secondary N) is 1. The second-order valence-corrected chi connectivity index (χ2v) is 4.42. The van der Waals surface area contributed by atoms with E-state index in [-0.39, 0.29) is 18.2 Å². The summed E-state index contributed by atoms with van der Waals surface area (Å²) in [6, 6.07) is 16.2. The van der Waals surface area contributed by atoms with Crippen molar-refractivity contribution in [3.63, 3.8) is 0 Å². The smallest absolute Gasteiger partial charge is 0.228 e. The Hall–Kier alpha value is -2.46. The Morgan fingerprint density at radius 2 is 1.60 bits per heavy atom. The van der Waals surface area contributed by atoms with Gasteiger partial charge in [0.25, 0.3) is 0 Å². The summed E-state index contributed by atoms with van der Waals surface area (Å²) in [4.78, 5) is 23.2. The van der Waals surface area contributed by atoms with E-state index in [1.165, 1.54) is 0 Å². The van der Waals surface area contributed by atoms with Crippen LogP contribution >= 0.6 is 0 Å². The van der Waals surface area contributed by atoms with Crippen LogP contribution in [0.2, 0.25) is 0 Å². The minimum absolute atomic E-state index is 0.0142.